The van der Waals surface area contributed by atoms with E-state index in [0.29, 0.717) is 25.7 Å². The number of nitrogens with zero attached hydrogens (tertiary/aromatic N) is 1. The van der Waals surface area contributed by atoms with Crippen LogP contribution in [0.3, 0.4) is 0 Å². The van der Waals surface area contributed by atoms with Crippen molar-refractivity contribution >= 4 is 29.9 Å². The van der Waals surface area contributed by atoms with Gasteiger partial charge in [0.15, 0.2) is 17.5 Å². The van der Waals surface area contributed by atoms with Crippen LogP contribution in [0.2, 0.25) is 0 Å². The van der Waals surface area contributed by atoms with E-state index in [4.69, 9.17) is 9.15 Å². The molecule has 2 N–H and O–H groups in total. The van der Waals surface area contributed by atoms with Crippen molar-refractivity contribution in [2.75, 3.05) is 13.2 Å². The Morgan fingerprint density at radius 1 is 1.25 bits per heavy atom. The van der Waals surface area contributed by atoms with Crippen LogP contribution in [-0.4, -0.2) is 19.1 Å². The Labute approximate surface area is 158 Å². The summed E-state index contributed by atoms with van der Waals surface area (Å²) in [5.41, 5.74) is 0.779. The van der Waals surface area contributed by atoms with E-state index in [1.165, 1.54) is 6.07 Å². The second-order valence-corrected chi connectivity index (χ2v) is 4.83. The number of ether oxygens (including phenoxy) is 1. The molecular formula is C17H23FIN3O2. The highest BCUT2D eigenvalue weighted by molar-refractivity contribution is 14.0. The third-order valence-electron chi connectivity index (χ3n) is 3.07. The molecule has 2 aromatic rings. The fourth-order valence-corrected chi connectivity index (χ4v) is 2.01. The van der Waals surface area contributed by atoms with Gasteiger partial charge in [-0.3, -0.25) is 0 Å². The minimum Gasteiger partial charge on any atom is -0.491 e. The number of hydrogen-bond acceptors (Lipinski definition) is 3. The summed E-state index contributed by atoms with van der Waals surface area (Å²) in [6.07, 6.45) is 1.63. The third kappa shape index (κ3) is 6.38. The monoisotopic (exact) mass is 447 g/mol. The van der Waals surface area contributed by atoms with Crippen molar-refractivity contribution < 1.29 is 13.5 Å². The van der Waals surface area contributed by atoms with Crippen LogP contribution in [0.25, 0.3) is 0 Å². The largest absolute Gasteiger partial charge is 0.491 e. The van der Waals surface area contributed by atoms with Gasteiger partial charge in [0.05, 0.1) is 26.0 Å². The lowest BCUT2D eigenvalue weighted by atomic mass is 10.2. The number of nitrogens with one attached hydrogen (secondary N) is 2. The average molecular weight is 447 g/mol. The van der Waals surface area contributed by atoms with Gasteiger partial charge in [-0.05, 0) is 43.7 Å². The molecule has 0 bridgehead atoms. The normalized spacial score (nSPS) is 10.9. The van der Waals surface area contributed by atoms with Crippen LogP contribution < -0.4 is 15.4 Å². The van der Waals surface area contributed by atoms with Gasteiger partial charge in [-0.25, -0.2) is 9.38 Å². The number of halogens is 2. The molecule has 0 amide bonds. The van der Waals surface area contributed by atoms with E-state index in [1.807, 2.05) is 32.0 Å². The van der Waals surface area contributed by atoms with E-state index >= 15 is 0 Å². The molecule has 0 aliphatic heterocycles. The van der Waals surface area contributed by atoms with Crippen LogP contribution in [0.1, 0.15) is 25.2 Å². The van der Waals surface area contributed by atoms with E-state index in [0.717, 1.165) is 17.9 Å². The maximum absolute atomic E-state index is 13.8. The highest BCUT2D eigenvalue weighted by Gasteiger charge is 2.05. The summed E-state index contributed by atoms with van der Waals surface area (Å²) in [7, 11) is 0. The van der Waals surface area contributed by atoms with Crippen molar-refractivity contribution in [3.63, 3.8) is 0 Å². The van der Waals surface area contributed by atoms with Gasteiger partial charge in [0.2, 0.25) is 0 Å². The molecule has 0 unspecified atom stereocenters. The summed E-state index contributed by atoms with van der Waals surface area (Å²) in [5, 5.41) is 6.31. The molecule has 132 valence electrons. The topological polar surface area (TPSA) is 58.8 Å². The zero-order valence-electron chi connectivity index (χ0n) is 13.8. The van der Waals surface area contributed by atoms with Gasteiger partial charge in [-0.15, -0.1) is 24.0 Å². The lowest BCUT2D eigenvalue weighted by Gasteiger charge is -2.10. The van der Waals surface area contributed by atoms with Crippen LogP contribution in [-0.2, 0) is 13.1 Å². The van der Waals surface area contributed by atoms with Gasteiger partial charge in [0.1, 0.15) is 5.76 Å². The molecule has 0 saturated carbocycles. The molecule has 0 spiro atoms. The van der Waals surface area contributed by atoms with Crippen LogP contribution in [0.5, 0.6) is 5.75 Å². The zero-order chi connectivity index (χ0) is 16.5. The quantitative estimate of drug-likeness (QED) is 0.386. The first-order valence-electron chi connectivity index (χ1n) is 7.68. The van der Waals surface area contributed by atoms with E-state index in [9.17, 15) is 4.39 Å². The molecule has 5 nitrogen and oxygen atoms in total. The molecule has 0 atom stereocenters. The minimum absolute atomic E-state index is 0. The number of guanidine groups is 1. The standard InChI is InChI=1S/C17H22FN3O2.HI/c1-3-19-17(21-12-14-6-5-9-23-14)20-11-13-7-8-16(22-4-2)15(18)10-13;/h5-10H,3-4,11-12H2,1-2H3,(H2,19,20,21);1H. The molecular weight excluding hydrogens is 424 g/mol. The highest BCUT2D eigenvalue weighted by atomic mass is 127. The number of furan rings is 1. The van der Waals surface area contributed by atoms with E-state index in [1.54, 1.807) is 12.3 Å². The predicted molar refractivity (Wildman–Crippen MR) is 103 cm³/mol. The van der Waals surface area contributed by atoms with E-state index in [-0.39, 0.29) is 35.5 Å². The number of aliphatic imine (C=N–C) groups is 1. The second-order valence-electron chi connectivity index (χ2n) is 4.83. The summed E-state index contributed by atoms with van der Waals surface area (Å²) in [6, 6.07) is 8.62. The van der Waals surface area contributed by atoms with Crippen LogP contribution in [0, 0.1) is 5.82 Å². The molecule has 24 heavy (non-hydrogen) atoms. The van der Waals surface area contributed by atoms with Gasteiger partial charge >= 0.3 is 0 Å². The third-order valence-corrected chi connectivity index (χ3v) is 3.07. The first kappa shape index (κ1) is 20.3. The molecule has 7 heteroatoms. The molecule has 2 rings (SSSR count). The Morgan fingerprint density at radius 2 is 2.08 bits per heavy atom. The predicted octanol–water partition coefficient (Wildman–Crippen LogP) is 3.69. The fraction of sp³-hybridized carbons (Fsp3) is 0.353. The zero-order valence-corrected chi connectivity index (χ0v) is 16.2. The Balaban J connectivity index is 0.00000288. The van der Waals surface area contributed by atoms with Gasteiger partial charge in [-0.2, -0.15) is 0 Å². The number of benzene rings is 1. The van der Waals surface area contributed by atoms with Crippen LogP contribution >= 0.6 is 24.0 Å². The van der Waals surface area contributed by atoms with Crippen LogP contribution in [0.4, 0.5) is 4.39 Å². The molecule has 0 aliphatic rings. The summed E-state index contributed by atoms with van der Waals surface area (Å²) in [4.78, 5) is 4.45. The van der Waals surface area contributed by atoms with Gasteiger partial charge in [-0.1, -0.05) is 6.07 Å². The van der Waals surface area contributed by atoms with E-state index < -0.39 is 0 Å². The maximum Gasteiger partial charge on any atom is 0.191 e. The summed E-state index contributed by atoms with van der Waals surface area (Å²) < 4.78 is 24.3. The molecule has 1 aromatic heterocycles. The lowest BCUT2D eigenvalue weighted by molar-refractivity contribution is 0.321. The second kappa shape index (κ2) is 10.9. The van der Waals surface area contributed by atoms with Crippen molar-refractivity contribution in [3.05, 3.63) is 53.7 Å². The summed E-state index contributed by atoms with van der Waals surface area (Å²) >= 11 is 0. The smallest absolute Gasteiger partial charge is 0.191 e. The molecule has 0 saturated heterocycles. The van der Waals surface area contributed by atoms with Crippen molar-refractivity contribution in [3.8, 4) is 5.75 Å². The SMILES string of the molecule is CCNC(=NCc1ccc(OCC)c(F)c1)NCc1ccco1.I. The first-order valence-corrected chi connectivity index (χ1v) is 7.68. The number of hydrogen-bond donors (Lipinski definition) is 2. The van der Waals surface area contributed by atoms with Crippen molar-refractivity contribution in [2.45, 2.75) is 26.9 Å². The van der Waals surface area contributed by atoms with Gasteiger partial charge in [0, 0.05) is 6.54 Å². The Hall–Kier alpha value is -1.77. The summed E-state index contributed by atoms with van der Waals surface area (Å²) in [5.74, 6) is 1.37. The average Bonchev–Trinajstić information content (AvgIpc) is 3.06. The van der Waals surface area contributed by atoms with Crippen molar-refractivity contribution in [1.82, 2.24) is 10.6 Å². The van der Waals surface area contributed by atoms with E-state index in [2.05, 4.69) is 15.6 Å². The molecule has 0 fully saturated rings. The Morgan fingerprint density at radius 3 is 2.71 bits per heavy atom. The summed E-state index contributed by atoms with van der Waals surface area (Å²) in [6.45, 7) is 5.90. The van der Waals surface area contributed by atoms with Gasteiger partial charge in [0.25, 0.3) is 0 Å². The fourth-order valence-electron chi connectivity index (χ4n) is 2.01. The van der Waals surface area contributed by atoms with Crippen molar-refractivity contribution in [2.24, 2.45) is 4.99 Å². The first-order chi connectivity index (χ1) is 11.2. The molecule has 1 aromatic carbocycles. The van der Waals surface area contributed by atoms with Crippen LogP contribution in [0.15, 0.2) is 46.0 Å². The Bertz CT molecular complexity index is 633. The maximum atomic E-state index is 13.8. The molecule has 1 heterocycles. The molecule has 0 aliphatic carbocycles. The Kier molecular flexibility index (Phi) is 9.21. The van der Waals surface area contributed by atoms with Gasteiger partial charge < -0.3 is 19.8 Å². The number of rotatable bonds is 7. The highest BCUT2D eigenvalue weighted by Crippen LogP contribution is 2.18. The lowest BCUT2D eigenvalue weighted by Crippen LogP contribution is -2.36. The molecule has 0 radical (unpaired) electrons. The van der Waals surface area contributed by atoms with Crippen molar-refractivity contribution in [1.29, 1.82) is 0 Å². The minimum atomic E-state index is -0.368.